The molecule has 0 aliphatic rings. The molecule has 0 saturated carbocycles. The van der Waals surface area contributed by atoms with Gasteiger partial charge in [0.2, 0.25) is 0 Å². The highest BCUT2D eigenvalue weighted by Gasteiger charge is 2.44. The van der Waals surface area contributed by atoms with E-state index in [4.69, 9.17) is 14.6 Å². The summed E-state index contributed by atoms with van der Waals surface area (Å²) in [5, 5.41) is 8.65. The van der Waals surface area contributed by atoms with Crippen molar-refractivity contribution in [1.82, 2.24) is 0 Å². The third-order valence-corrected chi connectivity index (χ3v) is 4.34. The molecule has 2 aromatic rings. The maximum atomic E-state index is 13.1. The topological polar surface area (TPSA) is 89.9 Å². The first-order chi connectivity index (χ1) is 14.5. The summed E-state index contributed by atoms with van der Waals surface area (Å²) in [6.45, 7) is 0.785. The van der Waals surface area contributed by atoms with Crippen molar-refractivity contribution in [2.45, 2.75) is 19.6 Å². The highest BCUT2D eigenvalue weighted by Crippen LogP contribution is 2.30. The first kappa shape index (κ1) is 23.9. The Bertz CT molecular complexity index is 958. The van der Waals surface area contributed by atoms with Crippen LogP contribution in [-0.2, 0) is 22.3 Å². The first-order valence-corrected chi connectivity index (χ1v) is 9.16. The predicted octanol–water partition coefficient (Wildman–Crippen LogP) is 4.11. The number of amides is 2. The number of quaternary nitrogens is 1. The molecule has 1 unspecified atom stereocenters. The lowest BCUT2D eigenvalue weighted by Gasteiger charge is -2.27. The second-order valence-electron chi connectivity index (χ2n) is 6.76. The number of hydrogen-bond donors (Lipinski definition) is 1. The normalized spacial score (nSPS) is 13.2. The summed E-state index contributed by atoms with van der Waals surface area (Å²) in [6.07, 6.45) is -5.56. The van der Waals surface area contributed by atoms with Gasteiger partial charge in [0.25, 0.3) is 0 Å². The van der Waals surface area contributed by atoms with E-state index in [1.807, 2.05) is 0 Å². The number of nitrogens with zero attached hydrogens (tertiary/aromatic N) is 1. The summed E-state index contributed by atoms with van der Waals surface area (Å²) in [7, 11) is 1.26. The van der Waals surface area contributed by atoms with Crippen LogP contribution in [0.2, 0.25) is 0 Å². The molecular weight excluding hydrogens is 419 g/mol. The fraction of sp³-hybridized carbons (Fsp3) is 0.286. The third-order valence-electron chi connectivity index (χ3n) is 4.34. The summed E-state index contributed by atoms with van der Waals surface area (Å²) in [6, 6.07) is 9.79. The van der Waals surface area contributed by atoms with Crippen LogP contribution < -0.4 is 4.74 Å². The van der Waals surface area contributed by atoms with Crippen LogP contribution in [-0.4, -0.2) is 47.8 Å². The molecular formula is C21H21F3NO6+. The van der Waals surface area contributed by atoms with Crippen LogP contribution >= 0.6 is 0 Å². The zero-order chi connectivity index (χ0) is 23.2. The fourth-order valence-electron chi connectivity index (χ4n) is 2.80. The van der Waals surface area contributed by atoms with Gasteiger partial charge in [-0.3, -0.25) is 0 Å². The molecule has 0 aromatic heterocycles. The molecule has 2 rings (SSSR count). The molecule has 0 heterocycles. The van der Waals surface area contributed by atoms with Crippen molar-refractivity contribution >= 4 is 18.0 Å². The molecule has 10 heteroatoms. The van der Waals surface area contributed by atoms with E-state index in [2.05, 4.69) is 0 Å². The summed E-state index contributed by atoms with van der Waals surface area (Å²) in [5.74, 6) is -1.75. The number of ether oxygens (including phenoxy) is 2. The Labute approximate surface area is 176 Å². The van der Waals surface area contributed by atoms with Crippen molar-refractivity contribution in [3.05, 3.63) is 65.2 Å². The minimum atomic E-state index is -4.64. The second kappa shape index (κ2) is 9.61. The minimum Gasteiger partial charge on any atom is -0.482 e. The van der Waals surface area contributed by atoms with Crippen LogP contribution in [0.25, 0.3) is 0 Å². The lowest BCUT2D eigenvalue weighted by molar-refractivity contribution is -0.768. The van der Waals surface area contributed by atoms with Crippen molar-refractivity contribution < 1.29 is 46.6 Å². The molecule has 2 amide bonds. The highest BCUT2D eigenvalue weighted by atomic mass is 19.4. The van der Waals surface area contributed by atoms with Crippen LogP contribution in [0.4, 0.5) is 18.0 Å². The molecule has 0 aliphatic heterocycles. The third kappa shape index (κ3) is 6.05. The number of carboxylic acids is 1. The number of imide groups is 1. The van der Waals surface area contributed by atoms with Gasteiger partial charge >= 0.3 is 24.1 Å². The van der Waals surface area contributed by atoms with Crippen LogP contribution in [0.1, 0.15) is 28.4 Å². The van der Waals surface area contributed by atoms with Crippen LogP contribution in [0.15, 0.2) is 48.5 Å². The monoisotopic (exact) mass is 440 g/mol. The van der Waals surface area contributed by atoms with E-state index in [9.17, 15) is 27.6 Å². The smallest absolute Gasteiger partial charge is 0.482 e. The first-order valence-electron chi connectivity index (χ1n) is 9.16. The Morgan fingerprint density at radius 2 is 1.71 bits per heavy atom. The predicted molar refractivity (Wildman–Crippen MR) is 102 cm³/mol. The molecule has 0 fully saturated rings. The number of carboxylic acid groups (broad SMARTS) is 1. The second-order valence-corrected chi connectivity index (χ2v) is 6.76. The number of benzene rings is 2. The zero-order valence-electron chi connectivity index (χ0n) is 16.8. The number of carbonyl (C=O) groups is 3. The van der Waals surface area contributed by atoms with Crippen molar-refractivity contribution in [2.75, 3.05) is 20.3 Å². The molecule has 31 heavy (non-hydrogen) atoms. The highest BCUT2D eigenvalue weighted by molar-refractivity contribution is 5.94. The van der Waals surface area contributed by atoms with Gasteiger partial charge in [-0.1, -0.05) is 6.07 Å². The van der Waals surface area contributed by atoms with E-state index >= 15 is 0 Å². The molecule has 0 aliphatic carbocycles. The number of halogens is 3. The molecule has 2 aromatic carbocycles. The maximum Gasteiger partial charge on any atom is 0.523 e. The average molecular weight is 440 g/mol. The van der Waals surface area contributed by atoms with Gasteiger partial charge in [0.1, 0.15) is 12.3 Å². The maximum absolute atomic E-state index is 13.1. The van der Waals surface area contributed by atoms with Gasteiger partial charge in [-0.05, 0) is 49.4 Å². The molecule has 7 nitrogen and oxygen atoms in total. The number of alkyl halides is 3. The van der Waals surface area contributed by atoms with Gasteiger partial charge in [0.15, 0.2) is 6.61 Å². The van der Waals surface area contributed by atoms with Crippen molar-refractivity contribution in [1.29, 1.82) is 0 Å². The van der Waals surface area contributed by atoms with Crippen molar-refractivity contribution in [2.24, 2.45) is 0 Å². The Kier molecular flexibility index (Phi) is 7.40. The number of rotatable bonds is 7. The molecule has 0 saturated heterocycles. The Morgan fingerprint density at radius 3 is 2.26 bits per heavy atom. The molecule has 0 radical (unpaired) electrons. The summed E-state index contributed by atoms with van der Waals surface area (Å²) in [5.41, 5.74) is -0.806. The van der Waals surface area contributed by atoms with Crippen LogP contribution in [0, 0.1) is 0 Å². The molecule has 1 atom stereocenters. The van der Waals surface area contributed by atoms with Crippen molar-refractivity contribution in [3.63, 3.8) is 0 Å². The van der Waals surface area contributed by atoms with Gasteiger partial charge < -0.3 is 14.6 Å². The van der Waals surface area contributed by atoms with E-state index in [0.29, 0.717) is 11.6 Å². The lowest BCUT2D eigenvalue weighted by atomic mass is 10.1. The van der Waals surface area contributed by atoms with Crippen LogP contribution in [0.5, 0.6) is 5.75 Å². The SMILES string of the molecule is CCOC(=O)[N+](C)(Cc1ccc(OCC(=O)O)cc1)C(=O)c1cccc(C(F)(F)F)c1. The fourth-order valence-corrected chi connectivity index (χ4v) is 2.80. The van der Waals surface area contributed by atoms with Crippen molar-refractivity contribution in [3.8, 4) is 5.75 Å². The van der Waals surface area contributed by atoms with Crippen LogP contribution in [0.3, 0.4) is 0 Å². The van der Waals surface area contributed by atoms with Gasteiger partial charge in [0.05, 0.1) is 24.8 Å². The number of aliphatic carboxylic acids is 1. The van der Waals surface area contributed by atoms with E-state index in [1.165, 1.54) is 37.4 Å². The number of hydrogen-bond acceptors (Lipinski definition) is 5. The van der Waals surface area contributed by atoms with Gasteiger partial charge in [-0.2, -0.15) is 22.4 Å². The Morgan fingerprint density at radius 1 is 1.06 bits per heavy atom. The Balaban J connectivity index is 2.35. The van der Waals surface area contributed by atoms with Gasteiger partial charge in [0, 0.05) is 5.56 Å². The van der Waals surface area contributed by atoms with E-state index in [-0.39, 0.29) is 24.5 Å². The average Bonchev–Trinajstić information content (AvgIpc) is 2.72. The number of carbonyl (C=O) groups excluding carboxylic acids is 2. The summed E-state index contributed by atoms with van der Waals surface area (Å²) >= 11 is 0. The van der Waals surface area contributed by atoms with Gasteiger partial charge in [-0.15, -0.1) is 0 Å². The molecule has 1 N–H and O–H groups in total. The standard InChI is InChI=1S/C21H20F3NO6/c1-3-30-20(29)25(2,12-14-7-9-17(10-8-14)31-13-18(26)27)19(28)15-5-4-6-16(11-15)21(22,23)24/h4-11H,3,12-13H2,1-2H3/p+1. The van der Waals surface area contributed by atoms with E-state index in [1.54, 1.807) is 6.92 Å². The summed E-state index contributed by atoms with van der Waals surface area (Å²) < 4.78 is 48.2. The van der Waals surface area contributed by atoms with Gasteiger partial charge in [-0.25, -0.2) is 9.59 Å². The molecule has 166 valence electrons. The quantitative estimate of drug-likeness (QED) is 0.652. The molecule has 0 spiro atoms. The lowest BCUT2D eigenvalue weighted by Crippen LogP contribution is -2.53. The largest absolute Gasteiger partial charge is 0.523 e. The Hall–Kier alpha value is -3.40. The molecule has 0 bridgehead atoms. The van der Waals surface area contributed by atoms with E-state index in [0.717, 1.165) is 12.1 Å². The zero-order valence-corrected chi connectivity index (χ0v) is 16.8. The minimum absolute atomic E-state index is 0.0233. The van der Waals surface area contributed by atoms with E-state index < -0.39 is 40.8 Å². The summed E-state index contributed by atoms with van der Waals surface area (Å²) in [4.78, 5) is 36.3.